The third kappa shape index (κ3) is 2.16. The highest BCUT2D eigenvalue weighted by Crippen LogP contribution is 2.48. The van der Waals surface area contributed by atoms with Gasteiger partial charge in [0.15, 0.2) is 0 Å². The van der Waals surface area contributed by atoms with E-state index in [4.69, 9.17) is 5.26 Å². The Kier molecular flexibility index (Phi) is 3.14. The Morgan fingerprint density at radius 2 is 2.12 bits per heavy atom. The van der Waals surface area contributed by atoms with Crippen LogP contribution in [0, 0.1) is 11.3 Å². The molecule has 3 nitrogen and oxygen atoms in total. The maximum Gasteiger partial charge on any atom is 0.231 e. The standard InChI is InChI=1S/C14H16N2O/c1-2-12(10-15)16-13(17)14(8-9-14)11-6-4-3-5-7-11/h3-7,12H,2,8-9H2,1H3,(H,16,17). The highest BCUT2D eigenvalue weighted by molar-refractivity contribution is 5.91. The van der Waals surface area contributed by atoms with Crippen LogP contribution in [-0.2, 0) is 10.2 Å². The van der Waals surface area contributed by atoms with Crippen LogP contribution in [0.25, 0.3) is 0 Å². The lowest BCUT2D eigenvalue weighted by atomic mass is 9.94. The first kappa shape index (κ1) is 11.7. The van der Waals surface area contributed by atoms with Crippen LogP contribution in [0.1, 0.15) is 31.7 Å². The van der Waals surface area contributed by atoms with Crippen molar-refractivity contribution in [1.82, 2.24) is 5.32 Å². The molecule has 0 aliphatic heterocycles. The van der Waals surface area contributed by atoms with E-state index in [-0.39, 0.29) is 17.4 Å². The van der Waals surface area contributed by atoms with Crippen LogP contribution in [0.3, 0.4) is 0 Å². The minimum atomic E-state index is -0.372. The summed E-state index contributed by atoms with van der Waals surface area (Å²) in [6.45, 7) is 1.90. The molecule has 1 atom stereocenters. The Labute approximate surface area is 101 Å². The van der Waals surface area contributed by atoms with E-state index in [1.54, 1.807) is 0 Å². The maximum atomic E-state index is 12.2. The minimum Gasteiger partial charge on any atom is -0.340 e. The Morgan fingerprint density at radius 3 is 2.59 bits per heavy atom. The topological polar surface area (TPSA) is 52.9 Å². The van der Waals surface area contributed by atoms with Gasteiger partial charge in [-0.3, -0.25) is 4.79 Å². The zero-order chi connectivity index (χ0) is 12.3. The van der Waals surface area contributed by atoms with Crippen molar-refractivity contribution in [3.05, 3.63) is 35.9 Å². The lowest BCUT2D eigenvalue weighted by molar-refractivity contribution is -0.124. The number of hydrogen-bond acceptors (Lipinski definition) is 2. The fraction of sp³-hybridized carbons (Fsp3) is 0.429. The number of nitriles is 1. The summed E-state index contributed by atoms with van der Waals surface area (Å²) in [6, 6.07) is 11.5. The van der Waals surface area contributed by atoms with E-state index in [0.717, 1.165) is 18.4 Å². The van der Waals surface area contributed by atoms with Gasteiger partial charge in [0.25, 0.3) is 0 Å². The lowest BCUT2D eigenvalue weighted by Crippen LogP contribution is -2.40. The molecule has 1 aromatic carbocycles. The third-order valence-corrected chi connectivity index (χ3v) is 3.38. The zero-order valence-corrected chi connectivity index (χ0v) is 9.94. The number of amides is 1. The summed E-state index contributed by atoms with van der Waals surface area (Å²) in [4.78, 5) is 12.2. The van der Waals surface area contributed by atoms with Crippen LogP contribution in [0.5, 0.6) is 0 Å². The molecule has 3 heteroatoms. The van der Waals surface area contributed by atoms with Gasteiger partial charge in [0.05, 0.1) is 11.5 Å². The first-order chi connectivity index (χ1) is 8.23. The van der Waals surface area contributed by atoms with Crippen LogP contribution in [-0.4, -0.2) is 11.9 Å². The van der Waals surface area contributed by atoms with Crippen molar-refractivity contribution < 1.29 is 4.79 Å². The van der Waals surface area contributed by atoms with E-state index in [9.17, 15) is 4.79 Å². The number of carbonyl (C=O) groups excluding carboxylic acids is 1. The van der Waals surface area contributed by atoms with Crippen LogP contribution >= 0.6 is 0 Å². The number of rotatable bonds is 4. The van der Waals surface area contributed by atoms with Gasteiger partial charge in [-0.2, -0.15) is 5.26 Å². The average molecular weight is 228 g/mol. The van der Waals surface area contributed by atoms with E-state index in [1.807, 2.05) is 37.3 Å². The van der Waals surface area contributed by atoms with Crippen LogP contribution in [0.15, 0.2) is 30.3 Å². The third-order valence-electron chi connectivity index (χ3n) is 3.38. The summed E-state index contributed by atoms with van der Waals surface area (Å²) in [5.74, 6) is -0.00269. The summed E-state index contributed by atoms with van der Waals surface area (Å²) < 4.78 is 0. The highest BCUT2D eigenvalue weighted by atomic mass is 16.2. The van der Waals surface area contributed by atoms with Crippen molar-refractivity contribution in [2.24, 2.45) is 0 Å². The molecule has 0 aromatic heterocycles. The Hall–Kier alpha value is -1.82. The van der Waals surface area contributed by atoms with Crippen molar-refractivity contribution >= 4 is 5.91 Å². The lowest BCUT2D eigenvalue weighted by Gasteiger charge is -2.17. The number of nitrogens with one attached hydrogen (secondary N) is 1. The molecule has 2 rings (SSSR count). The first-order valence-corrected chi connectivity index (χ1v) is 5.99. The van der Waals surface area contributed by atoms with Gasteiger partial charge in [-0.15, -0.1) is 0 Å². The van der Waals surface area contributed by atoms with Crippen molar-refractivity contribution in [2.75, 3.05) is 0 Å². The van der Waals surface area contributed by atoms with Crippen LogP contribution in [0.2, 0.25) is 0 Å². The Morgan fingerprint density at radius 1 is 1.47 bits per heavy atom. The number of benzene rings is 1. The maximum absolute atomic E-state index is 12.2. The molecular formula is C14H16N2O. The quantitative estimate of drug-likeness (QED) is 0.858. The predicted molar refractivity (Wildman–Crippen MR) is 65.2 cm³/mol. The Bertz CT molecular complexity index is 443. The molecule has 17 heavy (non-hydrogen) atoms. The summed E-state index contributed by atoms with van der Waals surface area (Å²) >= 11 is 0. The van der Waals surface area contributed by atoms with E-state index in [2.05, 4.69) is 11.4 Å². The number of hydrogen-bond donors (Lipinski definition) is 1. The molecule has 1 amide bonds. The second-order valence-electron chi connectivity index (χ2n) is 4.51. The zero-order valence-electron chi connectivity index (χ0n) is 9.94. The average Bonchev–Trinajstić information content (AvgIpc) is 3.18. The summed E-state index contributed by atoms with van der Waals surface area (Å²) in [5.41, 5.74) is 0.691. The van der Waals surface area contributed by atoms with E-state index in [0.29, 0.717) is 6.42 Å². The van der Waals surface area contributed by atoms with Gasteiger partial charge in [-0.25, -0.2) is 0 Å². The molecule has 0 bridgehead atoms. The Balaban J connectivity index is 2.13. The highest BCUT2D eigenvalue weighted by Gasteiger charge is 2.51. The molecule has 1 N–H and O–H groups in total. The fourth-order valence-electron chi connectivity index (χ4n) is 2.05. The van der Waals surface area contributed by atoms with Crippen LogP contribution < -0.4 is 5.32 Å². The second kappa shape index (κ2) is 4.58. The van der Waals surface area contributed by atoms with Crippen molar-refractivity contribution in [3.8, 4) is 6.07 Å². The van der Waals surface area contributed by atoms with E-state index < -0.39 is 0 Å². The fourth-order valence-corrected chi connectivity index (χ4v) is 2.05. The van der Waals surface area contributed by atoms with Gasteiger partial charge < -0.3 is 5.32 Å². The normalized spacial score (nSPS) is 17.9. The smallest absolute Gasteiger partial charge is 0.231 e. The van der Waals surface area contributed by atoms with Crippen molar-refractivity contribution in [1.29, 1.82) is 5.26 Å². The molecule has 88 valence electrons. The molecule has 1 aliphatic carbocycles. The number of nitrogens with zero attached hydrogens (tertiary/aromatic N) is 1. The molecule has 1 saturated carbocycles. The van der Waals surface area contributed by atoms with E-state index >= 15 is 0 Å². The van der Waals surface area contributed by atoms with Crippen molar-refractivity contribution in [2.45, 2.75) is 37.6 Å². The summed E-state index contributed by atoms with van der Waals surface area (Å²) in [7, 11) is 0. The molecule has 1 unspecified atom stereocenters. The van der Waals surface area contributed by atoms with Gasteiger partial charge in [-0.05, 0) is 24.8 Å². The first-order valence-electron chi connectivity index (χ1n) is 5.99. The second-order valence-corrected chi connectivity index (χ2v) is 4.51. The largest absolute Gasteiger partial charge is 0.340 e. The predicted octanol–water partition coefficient (Wildman–Crippen LogP) is 2.14. The molecule has 0 saturated heterocycles. The van der Waals surface area contributed by atoms with Crippen molar-refractivity contribution in [3.63, 3.8) is 0 Å². The van der Waals surface area contributed by atoms with Gasteiger partial charge in [0.1, 0.15) is 6.04 Å². The minimum absolute atomic E-state index is 0.00269. The van der Waals surface area contributed by atoms with Crippen LogP contribution in [0.4, 0.5) is 0 Å². The molecule has 0 spiro atoms. The summed E-state index contributed by atoms with van der Waals surface area (Å²) in [6.07, 6.45) is 2.41. The van der Waals surface area contributed by atoms with Gasteiger partial charge in [0.2, 0.25) is 5.91 Å². The summed E-state index contributed by atoms with van der Waals surface area (Å²) in [5, 5.41) is 11.7. The molecule has 1 fully saturated rings. The van der Waals surface area contributed by atoms with Gasteiger partial charge in [0, 0.05) is 0 Å². The molecule has 0 heterocycles. The van der Waals surface area contributed by atoms with E-state index in [1.165, 1.54) is 0 Å². The molecule has 1 aromatic rings. The SMILES string of the molecule is CCC(C#N)NC(=O)C1(c2ccccc2)CC1. The number of carbonyl (C=O) groups is 1. The monoisotopic (exact) mass is 228 g/mol. The molecule has 1 aliphatic rings. The molecular weight excluding hydrogens is 212 g/mol. The molecule has 0 radical (unpaired) electrons. The van der Waals surface area contributed by atoms with Gasteiger partial charge in [-0.1, -0.05) is 37.3 Å². The van der Waals surface area contributed by atoms with Gasteiger partial charge >= 0.3 is 0 Å².